The number of anilines is 4. The van der Waals surface area contributed by atoms with Gasteiger partial charge in [-0.15, -0.1) is 0 Å². The smallest absolute Gasteiger partial charge is 0.433 e. The van der Waals surface area contributed by atoms with Gasteiger partial charge in [0.25, 0.3) is 22.9 Å². The lowest BCUT2D eigenvalue weighted by Gasteiger charge is -2.28. The van der Waals surface area contributed by atoms with Gasteiger partial charge in [-0.05, 0) is 151 Å². The van der Waals surface area contributed by atoms with Crippen molar-refractivity contribution in [2.45, 2.75) is 97.8 Å². The normalized spacial score (nSPS) is 16.5. The van der Waals surface area contributed by atoms with Gasteiger partial charge < -0.3 is 13.9 Å². The molecule has 4 aromatic carbocycles. The van der Waals surface area contributed by atoms with Crippen molar-refractivity contribution in [3.63, 3.8) is 0 Å². The molecule has 3 aliphatic rings. The summed E-state index contributed by atoms with van der Waals surface area (Å²) in [6.07, 6.45) is 3.87. The number of nitrogens with zero attached hydrogens (tertiary/aromatic N) is 5. The number of amides is 3. The molecule has 2 aliphatic carbocycles. The Morgan fingerprint density at radius 3 is 1.66 bits per heavy atom. The number of hydrogen-bond acceptors (Lipinski definition) is 7. The van der Waals surface area contributed by atoms with E-state index in [2.05, 4.69) is 5.43 Å². The first-order valence-electron chi connectivity index (χ1n) is 21.2. The fourth-order valence-electron chi connectivity index (χ4n) is 8.08. The summed E-state index contributed by atoms with van der Waals surface area (Å²) >= 11 is 0. The molecule has 9 rings (SSSR count). The largest absolute Gasteiger partial charge is 0.442 e. The second-order valence-corrected chi connectivity index (χ2v) is 17.0. The number of benzene rings is 4. The van der Waals surface area contributed by atoms with E-state index in [1.165, 1.54) is 15.0 Å². The second-order valence-electron chi connectivity index (χ2n) is 17.0. The molecule has 3 amide bonds. The van der Waals surface area contributed by atoms with Crippen LogP contribution in [0.4, 0.5) is 27.5 Å². The summed E-state index contributed by atoms with van der Waals surface area (Å²) < 4.78 is 9.15. The van der Waals surface area contributed by atoms with Crippen LogP contribution in [0.25, 0.3) is 21.8 Å². The van der Waals surface area contributed by atoms with Crippen LogP contribution in [0, 0.1) is 5.92 Å². The van der Waals surface area contributed by atoms with E-state index >= 15 is 0 Å². The minimum Gasteiger partial charge on any atom is -0.442 e. The molecule has 2 saturated carbocycles. The molecule has 2 aromatic heterocycles. The van der Waals surface area contributed by atoms with Gasteiger partial charge >= 0.3 is 6.09 Å². The summed E-state index contributed by atoms with van der Waals surface area (Å²) in [5, 5.41) is 6.37. The van der Waals surface area contributed by atoms with Crippen LogP contribution in [-0.4, -0.2) is 32.6 Å². The standard InChI is InChI=1S/C25H29N3O3.C24H23N3O3/c1-5-27-22-14-13-18(15-21(22)20(16-23(27)29)17-11-12-17)26-28(19-9-7-6-8-10-19)24(30)31-25(2,3)4;1-3-25-21-12-11-18(13-20(21)19(14-22(25)28)16-9-10-16)27-24(30)15(2)23(29)26(27)17-7-5-4-6-8-17/h6-10,13-17,26H,5,11-12H2,1-4H3;4-8,11-16H,3,9-10H2,1-2H3. The zero-order valence-corrected chi connectivity index (χ0v) is 35.6. The Labute approximate surface area is 354 Å². The van der Waals surface area contributed by atoms with Crippen molar-refractivity contribution in [3.8, 4) is 0 Å². The van der Waals surface area contributed by atoms with Crippen molar-refractivity contribution in [1.82, 2.24) is 9.13 Å². The molecule has 12 nitrogen and oxygen atoms in total. The van der Waals surface area contributed by atoms with E-state index in [1.807, 2.05) is 132 Å². The average Bonchev–Trinajstić information content (AvgIpc) is 4.19. The zero-order valence-electron chi connectivity index (χ0n) is 35.6. The third kappa shape index (κ3) is 8.27. The van der Waals surface area contributed by atoms with Crippen molar-refractivity contribution in [3.05, 3.63) is 141 Å². The van der Waals surface area contributed by atoms with Gasteiger partial charge in [-0.3, -0.25) is 24.6 Å². The predicted octanol–water partition coefficient (Wildman–Crippen LogP) is 9.50. The maximum Gasteiger partial charge on any atom is 0.433 e. The number of para-hydroxylation sites is 2. The van der Waals surface area contributed by atoms with Crippen LogP contribution in [0.15, 0.2) is 119 Å². The Bertz CT molecular complexity index is 2770. The Morgan fingerprint density at radius 1 is 0.656 bits per heavy atom. The molecule has 1 saturated heterocycles. The van der Waals surface area contributed by atoms with E-state index in [4.69, 9.17) is 4.74 Å². The zero-order chi connectivity index (χ0) is 43.2. The van der Waals surface area contributed by atoms with Crippen molar-refractivity contribution in [2.24, 2.45) is 5.92 Å². The number of carbonyl (C=O) groups excluding carboxylic acids is 3. The Hall–Kier alpha value is -6.69. The van der Waals surface area contributed by atoms with E-state index in [-0.39, 0.29) is 22.9 Å². The number of fused-ring (bicyclic) bond motifs is 2. The predicted molar refractivity (Wildman–Crippen MR) is 241 cm³/mol. The molecule has 1 unspecified atom stereocenters. The Kier molecular flexibility index (Phi) is 11.0. The molecule has 3 fully saturated rings. The molecule has 0 radical (unpaired) electrons. The van der Waals surface area contributed by atoms with Crippen LogP contribution in [0.2, 0.25) is 0 Å². The van der Waals surface area contributed by atoms with Gasteiger partial charge in [-0.25, -0.2) is 14.8 Å². The number of hydrogen-bond donors (Lipinski definition) is 1. The number of aromatic nitrogens is 2. The maximum absolute atomic E-state index is 13.1. The summed E-state index contributed by atoms with van der Waals surface area (Å²) in [6, 6.07) is 33.6. The Balaban J connectivity index is 0.000000168. The van der Waals surface area contributed by atoms with Crippen LogP contribution in [0.5, 0.6) is 0 Å². The maximum atomic E-state index is 13.1. The number of carbonyl (C=O) groups is 3. The molecule has 1 N–H and O–H groups in total. The monoisotopic (exact) mass is 820 g/mol. The first-order valence-corrected chi connectivity index (χ1v) is 21.2. The quantitative estimate of drug-likeness (QED) is 0.114. The summed E-state index contributed by atoms with van der Waals surface area (Å²) in [5.41, 5.74) is 9.29. The highest BCUT2D eigenvalue weighted by molar-refractivity contribution is 6.23. The molecule has 0 bridgehead atoms. The first kappa shape index (κ1) is 41.1. The highest BCUT2D eigenvalue weighted by Gasteiger charge is 2.44. The molecule has 3 heterocycles. The van der Waals surface area contributed by atoms with Crippen molar-refractivity contribution < 1.29 is 19.1 Å². The lowest BCUT2D eigenvalue weighted by Crippen LogP contribution is -2.41. The highest BCUT2D eigenvalue weighted by atomic mass is 16.6. The molecule has 61 heavy (non-hydrogen) atoms. The van der Waals surface area contributed by atoms with Crippen LogP contribution in [0.3, 0.4) is 0 Å². The summed E-state index contributed by atoms with van der Waals surface area (Å²) in [5.74, 6) is -0.407. The average molecular weight is 821 g/mol. The number of ether oxygens (including phenoxy) is 1. The highest BCUT2D eigenvalue weighted by Crippen LogP contribution is 2.44. The second kappa shape index (κ2) is 16.4. The molecular formula is C49H52N6O6. The molecule has 0 spiro atoms. The molecule has 1 aliphatic heterocycles. The fourth-order valence-corrected chi connectivity index (χ4v) is 8.08. The Morgan fingerprint density at radius 2 is 1.15 bits per heavy atom. The number of aryl methyl sites for hydroxylation is 2. The molecule has 12 heteroatoms. The van der Waals surface area contributed by atoms with Gasteiger partial charge in [0.05, 0.1) is 33.8 Å². The lowest BCUT2D eigenvalue weighted by molar-refractivity contribution is -0.126. The number of pyridine rings is 2. The van der Waals surface area contributed by atoms with Gasteiger partial charge in [0.15, 0.2) is 0 Å². The SMILES string of the molecule is CCn1c(=O)cc(C2CC2)c2cc(N3C(=O)C(C)C(=O)N3c3ccccc3)ccc21.CCn1c(=O)cc(C2CC2)c2cc(NN(C(=O)OC(C)(C)C)c3ccccc3)ccc21. The molecule has 1 atom stereocenters. The van der Waals surface area contributed by atoms with E-state index in [0.717, 1.165) is 64.3 Å². The van der Waals surface area contributed by atoms with Gasteiger partial charge in [0, 0.05) is 36.0 Å². The fraction of sp³-hybridized carbons (Fsp3) is 0.327. The number of hydrazine groups is 2. The van der Waals surface area contributed by atoms with Gasteiger partial charge in [0.1, 0.15) is 11.5 Å². The van der Waals surface area contributed by atoms with Crippen LogP contribution >= 0.6 is 0 Å². The van der Waals surface area contributed by atoms with Crippen molar-refractivity contribution >= 4 is 62.5 Å². The molecular weight excluding hydrogens is 769 g/mol. The van der Waals surface area contributed by atoms with E-state index in [0.29, 0.717) is 42.0 Å². The lowest BCUT2D eigenvalue weighted by atomic mass is 10.0. The minimum atomic E-state index is -0.742. The third-order valence-electron chi connectivity index (χ3n) is 11.4. The van der Waals surface area contributed by atoms with Gasteiger partial charge in [0.2, 0.25) is 0 Å². The molecule has 6 aromatic rings. The topological polar surface area (TPSA) is 126 Å². The number of nitrogens with one attached hydrogen (secondary N) is 1. The van der Waals surface area contributed by atoms with Gasteiger partial charge in [-0.1, -0.05) is 36.4 Å². The van der Waals surface area contributed by atoms with Crippen molar-refractivity contribution in [1.29, 1.82) is 0 Å². The van der Waals surface area contributed by atoms with E-state index in [9.17, 15) is 24.0 Å². The van der Waals surface area contributed by atoms with Crippen LogP contribution < -0.4 is 31.6 Å². The van der Waals surface area contributed by atoms with Crippen molar-refractivity contribution in [2.75, 3.05) is 20.5 Å². The third-order valence-corrected chi connectivity index (χ3v) is 11.4. The summed E-state index contributed by atoms with van der Waals surface area (Å²) in [4.78, 5) is 64.1. The van der Waals surface area contributed by atoms with Crippen LogP contribution in [0.1, 0.15) is 90.2 Å². The number of rotatable bonds is 9. The summed E-state index contributed by atoms with van der Waals surface area (Å²) in [6.45, 7) is 12.3. The summed E-state index contributed by atoms with van der Waals surface area (Å²) in [7, 11) is 0. The van der Waals surface area contributed by atoms with Gasteiger partial charge in [-0.2, -0.15) is 5.01 Å². The van der Waals surface area contributed by atoms with Crippen LogP contribution in [-0.2, 0) is 27.4 Å². The van der Waals surface area contributed by atoms with E-state index < -0.39 is 17.6 Å². The first-order chi connectivity index (χ1) is 29.3. The minimum absolute atomic E-state index is 0.00612. The molecule has 314 valence electrons. The van der Waals surface area contributed by atoms with E-state index in [1.54, 1.807) is 28.2 Å².